The number of methoxy groups -OCH3 is 1. The van der Waals surface area contributed by atoms with Gasteiger partial charge in [0.05, 0.1) is 19.3 Å². The number of hydrogen-bond acceptors (Lipinski definition) is 4. The Labute approximate surface area is 177 Å². The molecule has 2 aromatic carbocycles. The minimum absolute atomic E-state index is 0.182. The first-order chi connectivity index (χ1) is 14.5. The number of nitrogens with zero attached hydrogens (tertiary/aromatic N) is 2. The van der Waals surface area contributed by atoms with E-state index >= 15 is 0 Å². The predicted octanol–water partition coefficient (Wildman–Crippen LogP) is 4.05. The number of aryl methyl sites for hydroxylation is 1. The summed E-state index contributed by atoms with van der Waals surface area (Å²) >= 11 is 0. The summed E-state index contributed by atoms with van der Waals surface area (Å²) in [6, 6.07) is 15.3. The molecule has 0 radical (unpaired) electrons. The SMILES string of the molecule is C=CCOc1ccc(C(=O)NCc2c(C)nn(Cc3ccccc3)c2C)cc1OC. The minimum atomic E-state index is -0.182. The van der Waals surface area contributed by atoms with E-state index in [1.54, 1.807) is 31.4 Å². The van der Waals surface area contributed by atoms with Crippen LogP contribution in [0.3, 0.4) is 0 Å². The number of carbonyl (C=O) groups excluding carboxylic acids is 1. The fourth-order valence-corrected chi connectivity index (χ4v) is 3.25. The van der Waals surface area contributed by atoms with Crippen molar-refractivity contribution in [2.45, 2.75) is 26.9 Å². The highest BCUT2D eigenvalue weighted by atomic mass is 16.5. The van der Waals surface area contributed by atoms with Gasteiger partial charge < -0.3 is 14.8 Å². The lowest BCUT2D eigenvalue weighted by Crippen LogP contribution is -2.23. The molecule has 0 aliphatic carbocycles. The maximum atomic E-state index is 12.7. The second-order valence-electron chi connectivity index (χ2n) is 6.94. The van der Waals surface area contributed by atoms with Crippen LogP contribution in [0.25, 0.3) is 0 Å². The number of benzene rings is 2. The highest BCUT2D eigenvalue weighted by Crippen LogP contribution is 2.28. The van der Waals surface area contributed by atoms with E-state index in [-0.39, 0.29) is 5.91 Å². The molecule has 1 heterocycles. The van der Waals surface area contributed by atoms with Gasteiger partial charge in [0.15, 0.2) is 11.5 Å². The van der Waals surface area contributed by atoms with E-state index in [0.717, 1.165) is 17.0 Å². The van der Waals surface area contributed by atoms with Gasteiger partial charge in [-0.05, 0) is 37.6 Å². The van der Waals surface area contributed by atoms with E-state index in [4.69, 9.17) is 9.47 Å². The molecule has 1 N–H and O–H groups in total. The molecule has 0 unspecified atom stereocenters. The maximum Gasteiger partial charge on any atom is 0.251 e. The van der Waals surface area contributed by atoms with Crippen LogP contribution in [0, 0.1) is 13.8 Å². The summed E-state index contributed by atoms with van der Waals surface area (Å²) in [5, 5.41) is 7.63. The van der Waals surface area contributed by atoms with Gasteiger partial charge in [-0.1, -0.05) is 43.0 Å². The van der Waals surface area contributed by atoms with Crippen molar-refractivity contribution in [3.05, 3.63) is 89.3 Å². The first kappa shape index (κ1) is 21.2. The predicted molar refractivity (Wildman–Crippen MR) is 117 cm³/mol. The van der Waals surface area contributed by atoms with Crippen molar-refractivity contribution in [1.82, 2.24) is 15.1 Å². The first-order valence-electron chi connectivity index (χ1n) is 9.80. The molecule has 3 rings (SSSR count). The molecule has 1 amide bonds. The summed E-state index contributed by atoms with van der Waals surface area (Å²) in [6.07, 6.45) is 1.66. The Kier molecular flexibility index (Phi) is 6.91. The number of nitrogens with one attached hydrogen (secondary N) is 1. The van der Waals surface area contributed by atoms with E-state index in [2.05, 4.69) is 29.1 Å². The zero-order chi connectivity index (χ0) is 21.5. The number of ether oxygens (including phenoxy) is 2. The van der Waals surface area contributed by atoms with Gasteiger partial charge in [0.2, 0.25) is 0 Å². The molecule has 0 aliphatic heterocycles. The van der Waals surface area contributed by atoms with Gasteiger partial charge in [-0.2, -0.15) is 5.10 Å². The van der Waals surface area contributed by atoms with Crippen molar-refractivity contribution in [2.75, 3.05) is 13.7 Å². The van der Waals surface area contributed by atoms with Crippen LogP contribution in [0.1, 0.15) is 32.9 Å². The molecular weight excluding hydrogens is 378 g/mol. The fourth-order valence-electron chi connectivity index (χ4n) is 3.25. The largest absolute Gasteiger partial charge is 0.493 e. The molecule has 1 aromatic heterocycles. The summed E-state index contributed by atoms with van der Waals surface area (Å²) in [6.45, 7) is 9.10. The highest BCUT2D eigenvalue weighted by molar-refractivity contribution is 5.94. The number of aromatic nitrogens is 2. The van der Waals surface area contributed by atoms with Crippen molar-refractivity contribution in [1.29, 1.82) is 0 Å². The summed E-state index contributed by atoms with van der Waals surface area (Å²) in [5.74, 6) is 0.897. The third kappa shape index (κ3) is 4.89. The molecule has 0 bridgehead atoms. The molecule has 0 saturated heterocycles. The van der Waals surface area contributed by atoms with Gasteiger partial charge >= 0.3 is 0 Å². The number of hydrogen-bond donors (Lipinski definition) is 1. The second-order valence-corrected chi connectivity index (χ2v) is 6.94. The first-order valence-corrected chi connectivity index (χ1v) is 9.80. The molecule has 0 atom stereocenters. The molecule has 0 aliphatic rings. The van der Waals surface area contributed by atoms with Crippen LogP contribution in [0.4, 0.5) is 0 Å². The van der Waals surface area contributed by atoms with Crippen LogP contribution in [0.5, 0.6) is 11.5 Å². The molecular formula is C24H27N3O3. The Morgan fingerprint density at radius 3 is 2.63 bits per heavy atom. The van der Waals surface area contributed by atoms with Gasteiger partial charge in [0.1, 0.15) is 6.61 Å². The monoisotopic (exact) mass is 405 g/mol. The molecule has 0 spiro atoms. The van der Waals surface area contributed by atoms with Crippen molar-refractivity contribution in [3.8, 4) is 11.5 Å². The zero-order valence-electron chi connectivity index (χ0n) is 17.6. The molecule has 0 fully saturated rings. The lowest BCUT2D eigenvalue weighted by molar-refractivity contribution is 0.0950. The minimum Gasteiger partial charge on any atom is -0.493 e. The standard InChI is InChI=1S/C24H27N3O3/c1-5-13-30-22-12-11-20(14-23(22)29-4)24(28)25-15-21-17(2)26-27(18(21)3)16-19-9-7-6-8-10-19/h5-12,14H,1,13,15-16H2,2-4H3,(H,25,28). The van der Waals surface area contributed by atoms with E-state index in [1.807, 2.05) is 36.7 Å². The summed E-state index contributed by atoms with van der Waals surface area (Å²) in [5.41, 5.74) is 4.67. The normalized spacial score (nSPS) is 10.5. The molecule has 156 valence electrons. The Morgan fingerprint density at radius 1 is 1.17 bits per heavy atom. The Hall–Kier alpha value is -3.54. The summed E-state index contributed by atoms with van der Waals surface area (Å²) in [7, 11) is 1.55. The highest BCUT2D eigenvalue weighted by Gasteiger charge is 2.15. The number of carbonyl (C=O) groups is 1. The topological polar surface area (TPSA) is 65.4 Å². The quantitative estimate of drug-likeness (QED) is 0.546. The smallest absolute Gasteiger partial charge is 0.251 e. The Balaban J connectivity index is 1.69. The van der Waals surface area contributed by atoms with Crippen molar-refractivity contribution >= 4 is 5.91 Å². The summed E-state index contributed by atoms with van der Waals surface area (Å²) in [4.78, 5) is 12.7. The fraction of sp³-hybridized carbons (Fsp3) is 0.250. The maximum absolute atomic E-state index is 12.7. The Bertz CT molecular complexity index is 1030. The molecule has 6 heteroatoms. The van der Waals surface area contributed by atoms with Gasteiger partial charge in [0, 0.05) is 23.4 Å². The van der Waals surface area contributed by atoms with Crippen molar-refractivity contribution in [2.24, 2.45) is 0 Å². The zero-order valence-corrected chi connectivity index (χ0v) is 17.6. The lowest BCUT2D eigenvalue weighted by Gasteiger charge is -2.11. The van der Waals surface area contributed by atoms with Crippen LogP contribution in [0.2, 0.25) is 0 Å². The van der Waals surface area contributed by atoms with Gasteiger partial charge in [-0.3, -0.25) is 9.48 Å². The average molecular weight is 405 g/mol. The van der Waals surface area contributed by atoms with Crippen LogP contribution >= 0.6 is 0 Å². The van der Waals surface area contributed by atoms with Crippen LogP contribution in [0.15, 0.2) is 61.2 Å². The third-order valence-electron chi connectivity index (χ3n) is 4.91. The van der Waals surface area contributed by atoms with Crippen LogP contribution < -0.4 is 14.8 Å². The lowest BCUT2D eigenvalue weighted by atomic mass is 10.1. The molecule has 3 aromatic rings. The van der Waals surface area contributed by atoms with E-state index in [9.17, 15) is 4.79 Å². The van der Waals surface area contributed by atoms with Gasteiger partial charge in [-0.25, -0.2) is 0 Å². The van der Waals surface area contributed by atoms with E-state index < -0.39 is 0 Å². The number of rotatable bonds is 9. The summed E-state index contributed by atoms with van der Waals surface area (Å²) < 4.78 is 12.9. The van der Waals surface area contributed by atoms with Crippen LogP contribution in [-0.2, 0) is 13.1 Å². The van der Waals surface area contributed by atoms with E-state index in [1.165, 1.54) is 5.56 Å². The second kappa shape index (κ2) is 9.78. The molecule has 30 heavy (non-hydrogen) atoms. The van der Waals surface area contributed by atoms with Crippen molar-refractivity contribution in [3.63, 3.8) is 0 Å². The van der Waals surface area contributed by atoms with Gasteiger partial charge in [-0.15, -0.1) is 0 Å². The van der Waals surface area contributed by atoms with Gasteiger partial charge in [0.25, 0.3) is 5.91 Å². The Morgan fingerprint density at radius 2 is 1.93 bits per heavy atom. The number of amides is 1. The van der Waals surface area contributed by atoms with E-state index in [0.29, 0.717) is 36.8 Å². The van der Waals surface area contributed by atoms with Crippen LogP contribution in [-0.4, -0.2) is 29.4 Å². The van der Waals surface area contributed by atoms with Crippen molar-refractivity contribution < 1.29 is 14.3 Å². The molecule has 0 saturated carbocycles. The average Bonchev–Trinajstić information content (AvgIpc) is 3.03. The third-order valence-corrected chi connectivity index (χ3v) is 4.91. The molecule has 6 nitrogen and oxygen atoms in total.